The van der Waals surface area contributed by atoms with Crippen LogP contribution in [0.1, 0.15) is 57.8 Å². The molecule has 0 unspecified atom stereocenters. The highest BCUT2D eigenvalue weighted by Crippen LogP contribution is 2.57. The molecule has 0 radical (unpaired) electrons. The lowest BCUT2D eigenvalue weighted by Crippen LogP contribution is -2.37. The van der Waals surface area contributed by atoms with E-state index in [1.165, 1.54) is 11.6 Å². The number of hydrogen-bond acceptors (Lipinski definition) is 4. The zero-order valence-corrected chi connectivity index (χ0v) is 24.5. The number of nitrogens with zero attached hydrogens (tertiary/aromatic N) is 3. The van der Waals surface area contributed by atoms with E-state index < -0.39 is 5.97 Å². The Morgan fingerprint density at radius 1 is 1.10 bits per heavy atom. The van der Waals surface area contributed by atoms with Crippen molar-refractivity contribution in [2.24, 2.45) is 5.92 Å². The van der Waals surface area contributed by atoms with Crippen LogP contribution in [0.4, 0.5) is 10.5 Å². The van der Waals surface area contributed by atoms with Crippen molar-refractivity contribution >= 4 is 41.0 Å². The van der Waals surface area contributed by atoms with Crippen LogP contribution >= 0.6 is 23.2 Å². The molecule has 1 amide bonds. The number of carbonyl (C=O) groups is 2. The van der Waals surface area contributed by atoms with Crippen LogP contribution in [0, 0.1) is 12.8 Å². The monoisotopic (exact) mass is 601 g/mol. The van der Waals surface area contributed by atoms with E-state index in [2.05, 4.69) is 17.2 Å². The Bertz CT molecular complexity index is 1750. The standard InChI is InChI=1S/C33H29Cl2N3O4/c1-19-26(5-3-6-27(19)34)33(10-11-33)18-42-32(41)38-17-21-13-25(21)30-24(4-2-7-29(30)38)23-14-36-37(16-23)15-22-12-20(31(39)40)8-9-28(22)35/h2-9,12,14,16,21,25H,10-11,13,15,17-18H2,1H3,(H,39,40)/t21-,25-/m0/s1. The Kier molecular flexibility index (Phi) is 6.55. The van der Waals surface area contributed by atoms with Crippen LogP contribution in [0.15, 0.2) is 67.0 Å². The highest BCUT2D eigenvalue weighted by Gasteiger charge is 2.50. The largest absolute Gasteiger partial charge is 0.478 e. The van der Waals surface area contributed by atoms with Crippen molar-refractivity contribution in [3.63, 3.8) is 0 Å². The van der Waals surface area contributed by atoms with Gasteiger partial charge in [-0.05, 0) is 96.2 Å². The minimum absolute atomic E-state index is 0.158. The van der Waals surface area contributed by atoms with Crippen molar-refractivity contribution < 1.29 is 19.4 Å². The molecule has 4 aromatic rings. The van der Waals surface area contributed by atoms with Crippen LogP contribution in [-0.4, -0.2) is 40.1 Å². The molecule has 7 nitrogen and oxygen atoms in total. The molecule has 2 aliphatic carbocycles. The van der Waals surface area contributed by atoms with Crippen LogP contribution in [0.2, 0.25) is 10.0 Å². The summed E-state index contributed by atoms with van der Waals surface area (Å²) in [6.45, 7) is 3.36. The van der Waals surface area contributed by atoms with Crippen LogP contribution in [0.5, 0.6) is 0 Å². The lowest BCUT2D eigenvalue weighted by atomic mass is 9.92. The fourth-order valence-electron chi connectivity index (χ4n) is 6.43. The lowest BCUT2D eigenvalue weighted by molar-refractivity contribution is 0.0696. The smallest absolute Gasteiger partial charge is 0.414 e. The molecule has 9 heteroatoms. The SMILES string of the molecule is Cc1c(Cl)cccc1C1(COC(=O)N2C[C@@H]3C[C@@H]3c3c(-c4cnn(Cc5cc(C(=O)O)ccc5Cl)c4)cccc32)CC1. The molecule has 1 N–H and O–H groups in total. The Morgan fingerprint density at radius 3 is 2.69 bits per heavy atom. The normalized spacial score (nSPS) is 19.5. The molecule has 0 bridgehead atoms. The van der Waals surface area contributed by atoms with Crippen molar-refractivity contribution in [2.75, 3.05) is 18.1 Å². The summed E-state index contributed by atoms with van der Waals surface area (Å²) in [5.74, 6) is -0.197. The van der Waals surface area contributed by atoms with Gasteiger partial charge in [0.15, 0.2) is 0 Å². The molecule has 2 fully saturated rings. The molecular formula is C33H29Cl2N3O4. The fraction of sp³-hybridized carbons (Fsp3) is 0.303. The number of carbonyl (C=O) groups excluding carboxylic acids is 1. The summed E-state index contributed by atoms with van der Waals surface area (Å²) in [6.07, 6.45) is 6.42. The van der Waals surface area contributed by atoms with Crippen molar-refractivity contribution in [2.45, 2.75) is 44.1 Å². The first-order valence-electron chi connectivity index (χ1n) is 14.1. The summed E-state index contributed by atoms with van der Waals surface area (Å²) in [4.78, 5) is 26.8. The lowest BCUT2D eigenvalue weighted by Gasteiger charge is -2.30. The maximum Gasteiger partial charge on any atom is 0.414 e. The molecule has 3 aromatic carbocycles. The van der Waals surface area contributed by atoms with E-state index in [4.69, 9.17) is 27.9 Å². The molecule has 2 saturated carbocycles. The first-order chi connectivity index (χ1) is 20.2. The van der Waals surface area contributed by atoms with E-state index >= 15 is 0 Å². The van der Waals surface area contributed by atoms with Gasteiger partial charge in [0.25, 0.3) is 0 Å². The fourth-order valence-corrected chi connectivity index (χ4v) is 6.79. The molecular weight excluding hydrogens is 573 g/mol. The third-order valence-corrected chi connectivity index (χ3v) is 9.82. The number of ether oxygens (including phenoxy) is 1. The minimum Gasteiger partial charge on any atom is -0.478 e. The van der Waals surface area contributed by atoms with Gasteiger partial charge in [-0.15, -0.1) is 0 Å². The summed E-state index contributed by atoms with van der Waals surface area (Å²) in [5, 5.41) is 15.1. The number of halogens is 2. The van der Waals surface area contributed by atoms with Crippen LogP contribution < -0.4 is 4.90 Å². The second kappa shape index (κ2) is 10.2. The quantitative estimate of drug-likeness (QED) is 0.234. The summed E-state index contributed by atoms with van der Waals surface area (Å²) in [6, 6.07) is 16.7. The highest BCUT2D eigenvalue weighted by atomic mass is 35.5. The van der Waals surface area contributed by atoms with Gasteiger partial charge in [0.05, 0.1) is 24.0 Å². The molecule has 214 valence electrons. The minimum atomic E-state index is -1.00. The molecule has 0 saturated heterocycles. The predicted octanol–water partition coefficient (Wildman–Crippen LogP) is 7.70. The summed E-state index contributed by atoms with van der Waals surface area (Å²) >= 11 is 12.7. The Hall–Kier alpha value is -3.81. The number of rotatable bonds is 7. The Balaban J connectivity index is 1.12. The van der Waals surface area contributed by atoms with Gasteiger partial charge in [-0.25, -0.2) is 9.59 Å². The topological polar surface area (TPSA) is 84.7 Å². The average molecular weight is 603 g/mol. The zero-order valence-electron chi connectivity index (χ0n) is 23.0. The molecule has 1 aliphatic heterocycles. The Morgan fingerprint density at radius 2 is 1.90 bits per heavy atom. The third-order valence-electron chi connectivity index (χ3n) is 9.04. The van der Waals surface area contributed by atoms with Gasteiger partial charge in [0.2, 0.25) is 0 Å². The first-order valence-corrected chi connectivity index (χ1v) is 14.9. The molecule has 7 rings (SSSR count). The number of carboxylic acid groups (broad SMARTS) is 1. The number of amides is 1. The number of benzene rings is 3. The molecule has 3 aliphatic rings. The van der Waals surface area contributed by atoms with Crippen molar-refractivity contribution in [3.8, 4) is 11.1 Å². The third kappa shape index (κ3) is 4.74. The summed E-state index contributed by atoms with van der Waals surface area (Å²) in [7, 11) is 0. The van der Waals surface area contributed by atoms with E-state index in [-0.39, 0.29) is 17.1 Å². The van der Waals surface area contributed by atoms with Crippen molar-refractivity contribution in [1.29, 1.82) is 0 Å². The molecule has 2 atom stereocenters. The number of fused-ring (bicyclic) bond motifs is 3. The molecule has 42 heavy (non-hydrogen) atoms. The van der Waals surface area contributed by atoms with Gasteiger partial charge in [0, 0.05) is 33.8 Å². The number of carboxylic acids is 1. The van der Waals surface area contributed by atoms with E-state index in [1.807, 2.05) is 43.6 Å². The maximum absolute atomic E-state index is 13.6. The molecule has 1 aromatic heterocycles. The van der Waals surface area contributed by atoms with E-state index in [9.17, 15) is 14.7 Å². The van der Waals surface area contributed by atoms with Crippen LogP contribution in [0.3, 0.4) is 0 Å². The molecule has 0 spiro atoms. The van der Waals surface area contributed by atoms with Gasteiger partial charge in [-0.2, -0.15) is 5.10 Å². The number of aromatic nitrogens is 2. The van der Waals surface area contributed by atoms with Crippen molar-refractivity contribution in [1.82, 2.24) is 9.78 Å². The number of anilines is 1. The second-order valence-corrected chi connectivity index (χ2v) is 12.6. The second-order valence-electron chi connectivity index (χ2n) is 11.7. The summed E-state index contributed by atoms with van der Waals surface area (Å²) < 4.78 is 7.77. The summed E-state index contributed by atoms with van der Waals surface area (Å²) in [5.41, 5.74) is 6.95. The first kappa shape index (κ1) is 27.0. The van der Waals surface area contributed by atoms with E-state index in [0.29, 0.717) is 42.1 Å². The van der Waals surface area contributed by atoms with Gasteiger partial charge < -0.3 is 9.84 Å². The maximum atomic E-state index is 13.6. The van der Waals surface area contributed by atoms with E-state index in [0.717, 1.165) is 52.2 Å². The highest BCUT2D eigenvalue weighted by molar-refractivity contribution is 6.31. The van der Waals surface area contributed by atoms with Gasteiger partial charge in [-0.3, -0.25) is 9.58 Å². The zero-order chi connectivity index (χ0) is 29.2. The van der Waals surface area contributed by atoms with Crippen molar-refractivity contribution in [3.05, 3.63) is 105 Å². The van der Waals surface area contributed by atoms with Gasteiger partial charge in [-0.1, -0.05) is 47.5 Å². The molecule has 2 heterocycles. The number of aromatic carboxylic acids is 1. The van der Waals surface area contributed by atoms with Gasteiger partial charge >= 0.3 is 12.1 Å². The van der Waals surface area contributed by atoms with Crippen LogP contribution in [-0.2, 0) is 16.7 Å². The average Bonchev–Trinajstić information content (AvgIpc) is 3.90. The Labute approximate surface area is 253 Å². The predicted molar refractivity (Wildman–Crippen MR) is 162 cm³/mol. The van der Waals surface area contributed by atoms with E-state index in [1.54, 1.807) is 21.7 Å². The van der Waals surface area contributed by atoms with Crippen LogP contribution in [0.25, 0.3) is 11.1 Å². The van der Waals surface area contributed by atoms with Gasteiger partial charge in [0.1, 0.15) is 6.61 Å². The number of hydrogen-bond donors (Lipinski definition) is 1.